The zero-order chi connectivity index (χ0) is 13.1. The van der Waals surface area contributed by atoms with Crippen LogP contribution in [0.15, 0.2) is 48.5 Å². The molecule has 0 saturated carbocycles. The van der Waals surface area contributed by atoms with Crippen molar-refractivity contribution in [2.75, 3.05) is 0 Å². The molecule has 2 aromatic rings. The molecule has 1 atom stereocenters. The Morgan fingerprint density at radius 3 is 2.56 bits per heavy atom. The molecule has 1 amide bonds. The van der Waals surface area contributed by atoms with Crippen LogP contribution in [-0.4, -0.2) is 11.0 Å². The fourth-order valence-corrected chi connectivity index (χ4v) is 1.96. The van der Waals surface area contributed by atoms with Gasteiger partial charge in [0, 0.05) is 0 Å². The normalized spacial score (nSPS) is 12.1. The minimum Gasteiger partial charge on any atom is -0.378 e. The van der Waals surface area contributed by atoms with Gasteiger partial charge in [-0.25, -0.2) is 0 Å². The molecule has 0 aliphatic rings. The van der Waals surface area contributed by atoms with Crippen molar-refractivity contribution in [3.8, 4) is 11.1 Å². The fraction of sp³-hybridized carbons (Fsp3) is 0.133. The van der Waals surface area contributed by atoms with Crippen LogP contribution in [0.25, 0.3) is 11.1 Å². The Kier molecular flexibility index (Phi) is 3.44. The van der Waals surface area contributed by atoms with Crippen LogP contribution in [0.4, 0.5) is 0 Å². The van der Waals surface area contributed by atoms with Gasteiger partial charge in [0.25, 0.3) is 5.91 Å². The van der Waals surface area contributed by atoms with Crippen molar-refractivity contribution in [3.05, 3.63) is 59.7 Å². The van der Waals surface area contributed by atoms with Crippen LogP contribution in [0.1, 0.15) is 17.2 Å². The summed E-state index contributed by atoms with van der Waals surface area (Å²) in [7, 11) is 0. The Morgan fingerprint density at radius 1 is 1.17 bits per heavy atom. The smallest absolute Gasteiger partial charge is 0.250 e. The topological polar surface area (TPSA) is 63.3 Å². The highest BCUT2D eigenvalue weighted by molar-refractivity contribution is 5.83. The number of rotatable bonds is 3. The maximum absolute atomic E-state index is 11.1. The summed E-state index contributed by atoms with van der Waals surface area (Å²) in [5, 5.41) is 9.83. The lowest BCUT2D eigenvalue weighted by Crippen LogP contribution is -2.21. The molecule has 0 aliphatic carbocycles. The number of benzene rings is 2. The van der Waals surface area contributed by atoms with Gasteiger partial charge in [0.2, 0.25) is 0 Å². The third kappa shape index (κ3) is 2.41. The molecule has 3 heteroatoms. The number of hydrogen-bond donors (Lipinski definition) is 2. The van der Waals surface area contributed by atoms with Crippen molar-refractivity contribution in [2.24, 2.45) is 5.73 Å². The monoisotopic (exact) mass is 241 g/mol. The lowest BCUT2D eigenvalue weighted by molar-refractivity contribution is -0.126. The van der Waals surface area contributed by atoms with Gasteiger partial charge in [-0.3, -0.25) is 4.79 Å². The first kappa shape index (κ1) is 12.3. The van der Waals surface area contributed by atoms with Crippen molar-refractivity contribution < 1.29 is 9.90 Å². The molecule has 0 aromatic heterocycles. The standard InChI is InChI=1S/C15H15NO2/c1-10-5-4-6-11(9-10)12-7-2-3-8-13(12)14(17)15(16)18/h2-9,14,17H,1H3,(H2,16,18). The summed E-state index contributed by atoms with van der Waals surface area (Å²) in [6.07, 6.45) is -1.28. The zero-order valence-corrected chi connectivity index (χ0v) is 10.1. The van der Waals surface area contributed by atoms with Gasteiger partial charge in [-0.05, 0) is 23.6 Å². The van der Waals surface area contributed by atoms with E-state index in [4.69, 9.17) is 5.73 Å². The molecule has 1 unspecified atom stereocenters. The first-order valence-electron chi connectivity index (χ1n) is 5.73. The van der Waals surface area contributed by atoms with Crippen LogP contribution >= 0.6 is 0 Å². The molecule has 2 aromatic carbocycles. The number of carbonyl (C=O) groups excluding carboxylic acids is 1. The molecular weight excluding hydrogens is 226 g/mol. The van der Waals surface area contributed by atoms with E-state index in [1.165, 1.54) is 0 Å². The van der Waals surface area contributed by atoms with Crippen LogP contribution in [-0.2, 0) is 4.79 Å². The van der Waals surface area contributed by atoms with Gasteiger partial charge in [0.1, 0.15) is 0 Å². The van der Waals surface area contributed by atoms with E-state index in [9.17, 15) is 9.90 Å². The van der Waals surface area contributed by atoms with Gasteiger partial charge in [-0.1, -0.05) is 54.1 Å². The SMILES string of the molecule is Cc1cccc(-c2ccccc2C(O)C(N)=O)c1. The summed E-state index contributed by atoms with van der Waals surface area (Å²) in [6.45, 7) is 2.00. The minimum atomic E-state index is -1.28. The Bertz CT molecular complexity index is 578. The quantitative estimate of drug-likeness (QED) is 0.865. The highest BCUT2D eigenvalue weighted by Gasteiger charge is 2.17. The number of aliphatic hydroxyl groups excluding tert-OH is 1. The molecule has 3 nitrogen and oxygen atoms in total. The first-order chi connectivity index (χ1) is 8.59. The molecule has 92 valence electrons. The molecule has 0 fully saturated rings. The van der Waals surface area contributed by atoms with E-state index in [2.05, 4.69) is 0 Å². The van der Waals surface area contributed by atoms with Crippen molar-refractivity contribution in [3.63, 3.8) is 0 Å². The van der Waals surface area contributed by atoms with Crippen LogP contribution < -0.4 is 5.73 Å². The largest absolute Gasteiger partial charge is 0.378 e. The summed E-state index contributed by atoms with van der Waals surface area (Å²) in [4.78, 5) is 11.1. The van der Waals surface area contributed by atoms with Crippen molar-refractivity contribution >= 4 is 5.91 Å². The Labute approximate surface area is 106 Å². The number of amides is 1. The predicted molar refractivity (Wildman–Crippen MR) is 70.8 cm³/mol. The maximum Gasteiger partial charge on any atom is 0.250 e. The summed E-state index contributed by atoms with van der Waals surface area (Å²) in [5.74, 6) is -0.741. The van der Waals surface area contributed by atoms with Crippen LogP contribution in [0.2, 0.25) is 0 Å². The molecule has 0 saturated heterocycles. The summed E-state index contributed by atoms with van der Waals surface area (Å²) >= 11 is 0. The fourth-order valence-electron chi connectivity index (χ4n) is 1.96. The predicted octanol–water partition coefficient (Wildman–Crippen LogP) is 2.18. The van der Waals surface area contributed by atoms with Gasteiger partial charge in [0.05, 0.1) is 0 Å². The van der Waals surface area contributed by atoms with Gasteiger partial charge in [-0.2, -0.15) is 0 Å². The molecule has 18 heavy (non-hydrogen) atoms. The summed E-state index contributed by atoms with van der Waals surface area (Å²) < 4.78 is 0. The average Bonchev–Trinajstić information content (AvgIpc) is 2.38. The van der Waals surface area contributed by atoms with Crippen LogP contribution in [0.5, 0.6) is 0 Å². The highest BCUT2D eigenvalue weighted by Crippen LogP contribution is 2.28. The molecule has 0 bridgehead atoms. The number of primary amides is 1. The Morgan fingerprint density at radius 2 is 1.89 bits per heavy atom. The number of aliphatic hydroxyl groups is 1. The second-order valence-electron chi connectivity index (χ2n) is 4.26. The molecule has 0 spiro atoms. The molecule has 3 N–H and O–H groups in total. The van der Waals surface area contributed by atoms with E-state index in [0.717, 1.165) is 16.7 Å². The Hall–Kier alpha value is -2.13. The number of carbonyl (C=O) groups is 1. The molecule has 0 radical (unpaired) electrons. The highest BCUT2D eigenvalue weighted by atomic mass is 16.3. The number of aryl methyl sites for hydroxylation is 1. The Balaban J connectivity index is 2.55. The van der Waals surface area contributed by atoms with Gasteiger partial charge < -0.3 is 10.8 Å². The van der Waals surface area contributed by atoms with Gasteiger partial charge in [0.15, 0.2) is 6.10 Å². The van der Waals surface area contributed by atoms with Crippen LogP contribution in [0, 0.1) is 6.92 Å². The molecular formula is C15H15NO2. The van der Waals surface area contributed by atoms with E-state index in [1.54, 1.807) is 12.1 Å². The summed E-state index contributed by atoms with van der Waals surface area (Å²) in [5.41, 5.74) is 8.60. The lowest BCUT2D eigenvalue weighted by atomic mass is 9.95. The number of nitrogens with two attached hydrogens (primary N) is 1. The third-order valence-corrected chi connectivity index (χ3v) is 2.85. The molecule has 0 aliphatic heterocycles. The van der Waals surface area contributed by atoms with Crippen molar-refractivity contribution in [1.29, 1.82) is 0 Å². The van der Waals surface area contributed by atoms with Crippen molar-refractivity contribution in [1.82, 2.24) is 0 Å². The second-order valence-corrected chi connectivity index (χ2v) is 4.26. The van der Waals surface area contributed by atoms with Crippen molar-refractivity contribution in [2.45, 2.75) is 13.0 Å². The van der Waals surface area contributed by atoms with E-state index in [1.807, 2.05) is 43.3 Å². The lowest BCUT2D eigenvalue weighted by Gasteiger charge is -2.13. The maximum atomic E-state index is 11.1. The minimum absolute atomic E-state index is 0.538. The van der Waals surface area contributed by atoms with Crippen LogP contribution in [0.3, 0.4) is 0 Å². The second kappa shape index (κ2) is 5.02. The summed E-state index contributed by atoms with van der Waals surface area (Å²) in [6, 6.07) is 15.1. The van der Waals surface area contributed by atoms with Gasteiger partial charge in [-0.15, -0.1) is 0 Å². The zero-order valence-electron chi connectivity index (χ0n) is 10.1. The number of hydrogen-bond acceptors (Lipinski definition) is 2. The van der Waals surface area contributed by atoms with Gasteiger partial charge >= 0.3 is 0 Å². The average molecular weight is 241 g/mol. The van der Waals surface area contributed by atoms with E-state index in [-0.39, 0.29) is 0 Å². The molecule has 2 rings (SSSR count). The van der Waals surface area contributed by atoms with E-state index < -0.39 is 12.0 Å². The third-order valence-electron chi connectivity index (χ3n) is 2.85. The van der Waals surface area contributed by atoms with E-state index in [0.29, 0.717) is 5.56 Å². The first-order valence-corrected chi connectivity index (χ1v) is 5.73. The van der Waals surface area contributed by atoms with E-state index >= 15 is 0 Å². The molecule has 0 heterocycles.